The smallest absolute Gasteiger partial charge is 0.410 e. The number of hydrogen-bond donors (Lipinski definition) is 0. The van der Waals surface area contributed by atoms with Crippen LogP contribution < -0.4 is 0 Å². The number of nitrogens with zero attached hydrogens (tertiary/aromatic N) is 2. The van der Waals surface area contributed by atoms with Crippen molar-refractivity contribution in [2.45, 2.75) is 38.5 Å². The van der Waals surface area contributed by atoms with Crippen molar-refractivity contribution >= 4 is 6.09 Å². The van der Waals surface area contributed by atoms with Gasteiger partial charge in [-0.3, -0.25) is 4.98 Å². The molecule has 0 saturated carbocycles. The number of aromatic nitrogens is 1. The predicted octanol–water partition coefficient (Wildman–Crippen LogP) is 2.89. The van der Waals surface area contributed by atoms with Crippen LogP contribution in [0.4, 0.5) is 9.18 Å². The van der Waals surface area contributed by atoms with Crippen molar-refractivity contribution in [3.63, 3.8) is 0 Å². The molecule has 1 atom stereocenters. The zero-order valence-electron chi connectivity index (χ0n) is 11.5. The van der Waals surface area contributed by atoms with Crippen molar-refractivity contribution in [2.24, 2.45) is 0 Å². The Morgan fingerprint density at radius 3 is 2.63 bits per heavy atom. The first-order chi connectivity index (χ1) is 8.80. The number of likely N-dealkylation sites (tertiary alicyclic amines) is 1. The second kappa shape index (κ2) is 4.79. The number of rotatable bonds is 1. The Kier molecular flexibility index (Phi) is 3.47. The molecule has 0 spiro atoms. The van der Waals surface area contributed by atoms with E-state index in [1.54, 1.807) is 45.3 Å². The Hall–Kier alpha value is -1.65. The zero-order chi connectivity index (χ0) is 14.1. The van der Waals surface area contributed by atoms with E-state index >= 15 is 0 Å². The van der Waals surface area contributed by atoms with Crippen molar-refractivity contribution in [1.29, 1.82) is 0 Å². The minimum Gasteiger partial charge on any atom is -0.444 e. The molecule has 1 unspecified atom stereocenters. The lowest BCUT2D eigenvalue weighted by molar-refractivity contribution is 0.0257. The zero-order valence-corrected chi connectivity index (χ0v) is 11.5. The van der Waals surface area contributed by atoms with Crippen LogP contribution in [0.5, 0.6) is 0 Å². The first-order valence-corrected chi connectivity index (χ1v) is 6.37. The summed E-state index contributed by atoms with van der Waals surface area (Å²) in [7, 11) is 0. The molecule has 2 heterocycles. The van der Waals surface area contributed by atoms with Gasteiger partial charge in [0.1, 0.15) is 5.60 Å². The molecular weight excluding hydrogens is 247 g/mol. The van der Waals surface area contributed by atoms with E-state index in [4.69, 9.17) is 4.74 Å². The molecule has 1 fully saturated rings. The summed E-state index contributed by atoms with van der Waals surface area (Å²) >= 11 is 0. The molecule has 0 radical (unpaired) electrons. The molecule has 0 N–H and O–H groups in total. The van der Waals surface area contributed by atoms with Crippen molar-refractivity contribution in [2.75, 3.05) is 13.1 Å². The van der Waals surface area contributed by atoms with Crippen molar-refractivity contribution in [3.05, 3.63) is 30.1 Å². The SMILES string of the molecule is CC(C)(C)OC(=O)N1CCC(F)(c2ccncc2)C1. The van der Waals surface area contributed by atoms with Gasteiger partial charge in [-0.2, -0.15) is 0 Å². The lowest BCUT2D eigenvalue weighted by Gasteiger charge is -2.25. The maximum atomic E-state index is 14.8. The van der Waals surface area contributed by atoms with E-state index in [9.17, 15) is 9.18 Å². The summed E-state index contributed by atoms with van der Waals surface area (Å²) in [5.74, 6) is 0. The number of carbonyl (C=O) groups excluding carboxylic acids is 1. The average Bonchev–Trinajstić information content (AvgIpc) is 2.73. The van der Waals surface area contributed by atoms with Crippen LogP contribution in [0.15, 0.2) is 24.5 Å². The lowest BCUT2D eigenvalue weighted by atomic mass is 9.96. The first-order valence-electron chi connectivity index (χ1n) is 6.37. The van der Waals surface area contributed by atoms with Gasteiger partial charge >= 0.3 is 6.09 Å². The van der Waals surface area contributed by atoms with E-state index < -0.39 is 17.4 Å². The van der Waals surface area contributed by atoms with Crippen LogP contribution in [0.1, 0.15) is 32.8 Å². The van der Waals surface area contributed by atoms with Gasteiger partial charge in [-0.05, 0) is 38.5 Å². The molecule has 0 bridgehead atoms. The third-order valence-electron chi connectivity index (χ3n) is 3.07. The fourth-order valence-electron chi connectivity index (χ4n) is 2.14. The summed E-state index contributed by atoms with van der Waals surface area (Å²) in [6.45, 7) is 5.80. The van der Waals surface area contributed by atoms with Crippen molar-refractivity contribution in [1.82, 2.24) is 9.88 Å². The van der Waals surface area contributed by atoms with Gasteiger partial charge in [-0.1, -0.05) is 0 Å². The number of hydrogen-bond acceptors (Lipinski definition) is 3. The van der Waals surface area contributed by atoms with Gasteiger partial charge in [0, 0.05) is 25.4 Å². The Balaban J connectivity index is 2.06. The van der Waals surface area contributed by atoms with Gasteiger partial charge in [0.2, 0.25) is 0 Å². The number of ether oxygens (including phenoxy) is 1. The molecular formula is C14H19FN2O2. The predicted molar refractivity (Wildman–Crippen MR) is 69.4 cm³/mol. The van der Waals surface area contributed by atoms with E-state index in [0.29, 0.717) is 12.1 Å². The molecule has 1 aromatic rings. The highest BCUT2D eigenvalue weighted by atomic mass is 19.1. The molecule has 104 valence electrons. The average molecular weight is 266 g/mol. The molecule has 0 aromatic carbocycles. The van der Waals surface area contributed by atoms with Gasteiger partial charge in [0.05, 0.1) is 6.54 Å². The van der Waals surface area contributed by atoms with Crippen LogP contribution in [-0.4, -0.2) is 34.7 Å². The number of carbonyl (C=O) groups is 1. The molecule has 1 amide bonds. The van der Waals surface area contributed by atoms with Crippen molar-refractivity contribution < 1.29 is 13.9 Å². The normalized spacial score (nSPS) is 23.5. The van der Waals surface area contributed by atoms with E-state index in [-0.39, 0.29) is 13.0 Å². The molecule has 4 nitrogen and oxygen atoms in total. The van der Waals surface area contributed by atoms with Gasteiger partial charge in [0.15, 0.2) is 5.67 Å². The molecule has 1 aliphatic heterocycles. The number of alkyl halides is 1. The second-order valence-electron chi connectivity index (χ2n) is 5.85. The molecule has 1 aromatic heterocycles. The van der Waals surface area contributed by atoms with E-state index in [1.165, 1.54) is 4.90 Å². The summed E-state index contributed by atoms with van der Waals surface area (Å²) in [4.78, 5) is 17.2. The second-order valence-corrected chi connectivity index (χ2v) is 5.85. The van der Waals surface area contributed by atoms with Gasteiger partial charge in [-0.25, -0.2) is 9.18 Å². The van der Waals surface area contributed by atoms with Gasteiger partial charge < -0.3 is 9.64 Å². The Bertz CT molecular complexity index is 458. The molecule has 2 rings (SSSR count). The fraction of sp³-hybridized carbons (Fsp3) is 0.571. The van der Waals surface area contributed by atoms with E-state index in [2.05, 4.69) is 4.98 Å². The van der Waals surface area contributed by atoms with E-state index in [1.807, 2.05) is 0 Å². The van der Waals surface area contributed by atoms with Crippen LogP contribution in [0, 0.1) is 0 Å². The van der Waals surface area contributed by atoms with Gasteiger partial charge in [-0.15, -0.1) is 0 Å². The highest BCUT2D eigenvalue weighted by molar-refractivity contribution is 5.68. The Morgan fingerprint density at radius 2 is 2.05 bits per heavy atom. The first kappa shape index (κ1) is 13.8. The summed E-state index contributed by atoms with van der Waals surface area (Å²) in [5.41, 5.74) is -1.50. The maximum Gasteiger partial charge on any atom is 0.410 e. The summed E-state index contributed by atoms with van der Waals surface area (Å²) in [6, 6.07) is 3.30. The number of halogens is 1. The highest BCUT2D eigenvalue weighted by Gasteiger charge is 2.42. The molecule has 1 saturated heterocycles. The van der Waals surface area contributed by atoms with Crippen LogP contribution in [-0.2, 0) is 10.4 Å². The van der Waals surface area contributed by atoms with E-state index in [0.717, 1.165) is 0 Å². The minimum atomic E-state index is -1.50. The minimum absolute atomic E-state index is 0.0337. The highest BCUT2D eigenvalue weighted by Crippen LogP contribution is 2.36. The monoisotopic (exact) mass is 266 g/mol. The van der Waals surface area contributed by atoms with Crippen LogP contribution in [0.3, 0.4) is 0 Å². The topological polar surface area (TPSA) is 42.4 Å². The Labute approximate surface area is 112 Å². The Morgan fingerprint density at radius 1 is 1.42 bits per heavy atom. The third-order valence-corrected chi connectivity index (χ3v) is 3.07. The van der Waals surface area contributed by atoms with Crippen molar-refractivity contribution in [3.8, 4) is 0 Å². The quantitative estimate of drug-likeness (QED) is 0.785. The number of pyridine rings is 1. The van der Waals surface area contributed by atoms with Crippen LogP contribution in [0.25, 0.3) is 0 Å². The summed E-state index contributed by atoms with van der Waals surface area (Å²) in [5, 5.41) is 0. The summed E-state index contributed by atoms with van der Waals surface area (Å²) in [6.07, 6.45) is 2.96. The maximum absolute atomic E-state index is 14.8. The summed E-state index contributed by atoms with van der Waals surface area (Å²) < 4.78 is 20.1. The fourth-order valence-corrected chi connectivity index (χ4v) is 2.14. The molecule has 5 heteroatoms. The van der Waals surface area contributed by atoms with Gasteiger partial charge in [0.25, 0.3) is 0 Å². The third kappa shape index (κ3) is 3.22. The van der Waals surface area contributed by atoms with Crippen LogP contribution >= 0.6 is 0 Å². The number of amides is 1. The molecule has 1 aliphatic rings. The molecule has 0 aliphatic carbocycles. The van der Waals surface area contributed by atoms with Crippen LogP contribution in [0.2, 0.25) is 0 Å². The largest absolute Gasteiger partial charge is 0.444 e. The standard InChI is InChI=1S/C14H19FN2O2/c1-13(2,3)19-12(18)17-9-6-14(15,10-17)11-4-7-16-8-5-11/h4-5,7-8H,6,9-10H2,1-3H3. The lowest BCUT2D eigenvalue weighted by Crippen LogP contribution is -2.37. The molecule has 19 heavy (non-hydrogen) atoms.